The molecule has 7 nitrogen and oxygen atoms in total. The van der Waals surface area contributed by atoms with Gasteiger partial charge in [-0.2, -0.15) is 0 Å². The summed E-state index contributed by atoms with van der Waals surface area (Å²) in [7, 11) is 0. The third-order valence-electron chi connectivity index (χ3n) is 3.74. The monoisotopic (exact) mass is 276 g/mol. The van der Waals surface area contributed by atoms with Gasteiger partial charge in [0.1, 0.15) is 0 Å². The predicted octanol–water partition coefficient (Wildman–Crippen LogP) is 1.68. The average Bonchev–Trinajstić information content (AvgIpc) is 2.90. The smallest absolute Gasteiger partial charge is 0.271 e. The minimum atomic E-state index is -0.414. The van der Waals surface area contributed by atoms with Crippen LogP contribution in [0.3, 0.4) is 0 Å². The van der Waals surface area contributed by atoms with E-state index in [9.17, 15) is 15.2 Å². The quantitative estimate of drug-likeness (QED) is 0.657. The fraction of sp³-hybridized carbons (Fsp3) is 0.462. The van der Waals surface area contributed by atoms with Gasteiger partial charge in [0.05, 0.1) is 16.0 Å². The van der Waals surface area contributed by atoms with Crippen molar-refractivity contribution in [3.63, 3.8) is 0 Å². The highest BCUT2D eigenvalue weighted by Gasteiger charge is 2.22. The van der Waals surface area contributed by atoms with Crippen LogP contribution in [-0.2, 0) is 0 Å². The van der Waals surface area contributed by atoms with Crippen LogP contribution in [0.15, 0.2) is 18.2 Å². The summed E-state index contributed by atoms with van der Waals surface area (Å²) in [4.78, 5) is 20.1. The van der Waals surface area contributed by atoms with Crippen LogP contribution in [0.25, 0.3) is 11.0 Å². The van der Waals surface area contributed by atoms with E-state index in [0.717, 1.165) is 37.4 Å². The maximum absolute atomic E-state index is 10.8. The lowest BCUT2D eigenvalue weighted by Gasteiger charge is -2.31. The number of nitro groups is 1. The Morgan fingerprint density at radius 3 is 3.15 bits per heavy atom. The molecular formula is C13H16N4O3. The third-order valence-corrected chi connectivity index (χ3v) is 3.74. The molecule has 106 valence electrons. The number of piperidine rings is 1. The number of nitro benzene ring substituents is 1. The lowest BCUT2D eigenvalue weighted by atomic mass is 9.99. The Kier molecular flexibility index (Phi) is 3.27. The molecule has 2 aromatic rings. The fourth-order valence-corrected chi connectivity index (χ4v) is 2.65. The van der Waals surface area contributed by atoms with Crippen molar-refractivity contribution in [1.82, 2.24) is 9.97 Å². The molecule has 0 bridgehead atoms. The second-order valence-corrected chi connectivity index (χ2v) is 5.16. The Bertz CT molecular complexity index is 640. The third kappa shape index (κ3) is 2.32. The Hall–Kier alpha value is -2.15. The van der Waals surface area contributed by atoms with E-state index in [0.29, 0.717) is 5.52 Å². The van der Waals surface area contributed by atoms with Crippen LogP contribution in [0.4, 0.5) is 11.6 Å². The van der Waals surface area contributed by atoms with Gasteiger partial charge in [0, 0.05) is 31.8 Å². The lowest BCUT2D eigenvalue weighted by Crippen LogP contribution is -2.37. The largest absolute Gasteiger partial charge is 0.396 e. The zero-order valence-corrected chi connectivity index (χ0v) is 11.0. The molecule has 1 aliphatic heterocycles. The van der Waals surface area contributed by atoms with Crippen LogP contribution in [0.5, 0.6) is 0 Å². The SMILES string of the molecule is O=[N+]([O-])c1ccc2nc(N3CCCC(CO)C3)[nH]c2c1. The number of nitrogens with one attached hydrogen (secondary N) is 1. The number of benzene rings is 1. The molecule has 2 N–H and O–H groups in total. The standard InChI is InChI=1S/C13H16N4O3/c18-8-9-2-1-5-16(7-9)13-14-11-4-3-10(17(19)20)6-12(11)15-13/h3-4,6,9,18H,1-2,5,7-8H2,(H,14,15). The van der Waals surface area contributed by atoms with E-state index in [4.69, 9.17) is 0 Å². The van der Waals surface area contributed by atoms with Crippen LogP contribution in [0, 0.1) is 16.0 Å². The molecule has 1 aromatic heterocycles. The molecule has 0 radical (unpaired) electrons. The number of aliphatic hydroxyl groups is 1. The molecule has 0 spiro atoms. The van der Waals surface area contributed by atoms with E-state index in [-0.39, 0.29) is 18.2 Å². The van der Waals surface area contributed by atoms with Crippen molar-refractivity contribution in [1.29, 1.82) is 0 Å². The number of aliphatic hydroxyl groups excluding tert-OH is 1. The molecule has 7 heteroatoms. The molecule has 2 heterocycles. The first-order valence-electron chi connectivity index (χ1n) is 6.67. The van der Waals surface area contributed by atoms with Crippen LogP contribution >= 0.6 is 0 Å². The van der Waals surface area contributed by atoms with Crippen LogP contribution < -0.4 is 4.90 Å². The number of hydrogen-bond donors (Lipinski definition) is 2. The van der Waals surface area contributed by atoms with Crippen molar-refractivity contribution in [3.05, 3.63) is 28.3 Å². The summed E-state index contributed by atoms with van der Waals surface area (Å²) in [5.41, 5.74) is 1.44. The molecule has 1 saturated heterocycles. The summed E-state index contributed by atoms with van der Waals surface area (Å²) in [5, 5.41) is 20.0. The normalized spacial score (nSPS) is 19.4. The van der Waals surface area contributed by atoms with E-state index in [2.05, 4.69) is 14.9 Å². The highest BCUT2D eigenvalue weighted by atomic mass is 16.6. The van der Waals surface area contributed by atoms with Crippen molar-refractivity contribution in [2.24, 2.45) is 5.92 Å². The van der Waals surface area contributed by atoms with E-state index >= 15 is 0 Å². The molecule has 3 rings (SSSR count). The molecule has 1 aliphatic rings. The summed E-state index contributed by atoms with van der Waals surface area (Å²) in [6.45, 7) is 1.83. The number of aromatic nitrogens is 2. The predicted molar refractivity (Wildman–Crippen MR) is 74.8 cm³/mol. The maximum Gasteiger partial charge on any atom is 0.271 e. The molecule has 20 heavy (non-hydrogen) atoms. The number of rotatable bonds is 3. The van der Waals surface area contributed by atoms with Gasteiger partial charge in [-0.05, 0) is 24.8 Å². The van der Waals surface area contributed by atoms with Crippen molar-refractivity contribution in [2.75, 3.05) is 24.6 Å². The zero-order valence-electron chi connectivity index (χ0n) is 11.0. The summed E-state index contributed by atoms with van der Waals surface area (Å²) in [6, 6.07) is 4.61. The van der Waals surface area contributed by atoms with Crippen molar-refractivity contribution < 1.29 is 10.0 Å². The highest BCUT2D eigenvalue weighted by Crippen LogP contribution is 2.25. The number of aromatic amines is 1. The first kappa shape index (κ1) is 12.9. The Labute approximate surface area is 115 Å². The fourth-order valence-electron chi connectivity index (χ4n) is 2.65. The lowest BCUT2D eigenvalue weighted by molar-refractivity contribution is -0.384. The van der Waals surface area contributed by atoms with Crippen molar-refractivity contribution in [2.45, 2.75) is 12.8 Å². The van der Waals surface area contributed by atoms with Gasteiger partial charge < -0.3 is 15.0 Å². The Balaban J connectivity index is 1.90. The van der Waals surface area contributed by atoms with Crippen molar-refractivity contribution >= 4 is 22.7 Å². The van der Waals surface area contributed by atoms with Gasteiger partial charge in [-0.15, -0.1) is 0 Å². The highest BCUT2D eigenvalue weighted by molar-refractivity contribution is 5.80. The first-order chi connectivity index (χ1) is 9.67. The number of H-pyrrole nitrogens is 1. The van der Waals surface area contributed by atoms with Crippen LogP contribution in [0.2, 0.25) is 0 Å². The van der Waals surface area contributed by atoms with E-state index in [1.54, 1.807) is 6.07 Å². The van der Waals surface area contributed by atoms with Crippen LogP contribution in [0.1, 0.15) is 12.8 Å². The number of hydrogen-bond acceptors (Lipinski definition) is 5. The zero-order chi connectivity index (χ0) is 14.1. The van der Waals surface area contributed by atoms with Gasteiger partial charge >= 0.3 is 0 Å². The number of nitrogens with zero attached hydrogens (tertiary/aromatic N) is 3. The molecule has 1 aromatic carbocycles. The van der Waals surface area contributed by atoms with Gasteiger partial charge in [0.25, 0.3) is 5.69 Å². The number of anilines is 1. The molecule has 1 atom stereocenters. The van der Waals surface area contributed by atoms with E-state index in [1.807, 2.05) is 0 Å². The summed E-state index contributed by atoms with van der Waals surface area (Å²) in [6.07, 6.45) is 2.04. The molecule has 0 saturated carbocycles. The molecule has 1 fully saturated rings. The van der Waals surface area contributed by atoms with Gasteiger partial charge in [-0.3, -0.25) is 10.1 Å². The molecule has 1 unspecified atom stereocenters. The van der Waals surface area contributed by atoms with Gasteiger partial charge in [-0.25, -0.2) is 4.98 Å². The van der Waals surface area contributed by atoms with Gasteiger partial charge in [0.15, 0.2) is 0 Å². The Morgan fingerprint density at radius 1 is 1.55 bits per heavy atom. The van der Waals surface area contributed by atoms with Crippen molar-refractivity contribution in [3.8, 4) is 0 Å². The van der Waals surface area contributed by atoms with E-state index < -0.39 is 4.92 Å². The topological polar surface area (TPSA) is 95.3 Å². The second kappa shape index (κ2) is 5.09. The first-order valence-corrected chi connectivity index (χ1v) is 6.67. The summed E-state index contributed by atoms with van der Waals surface area (Å²) < 4.78 is 0. The average molecular weight is 276 g/mol. The molecular weight excluding hydrogens is 260 g/mol. The second-order valence-electron chi connectivity index (χ2n) is 5.16. The molecule has 0 aliphatic carbocycles. The number of fused-ring (bicyclic) bond motifs is 1. The molecule has 0 amide bonds. The minimum Gasteiger partial charge on any atom is -0.396 e. The number of imidazole rings is 1. The van der Waals surface area contributed by atoms with Gasteiger partial charge in [0.2, 0.25) is 5.95 Å². The Morgan fingerprint density at radius 2 is 2.40 bits per heavy atom. The van der Waals surface area contributed by atoms with Gasteiger partial charge in [-0.1, -0.05) is 0 Å². The minimum absolute atomic E-state index is 0.0552. The van der Waals surface area contributed by atoms with E-state index in [1.165, 1.54) is 12.1 Å². The summed E-state index contributed by atoms with van der Waals surface area (Å²) in [5.74, 6) is 0.991. The van der Waals surface area contributed by atoms with Crippen LogP contribution in [-0.4, -0.2) is 39.7 Å². The number of non-ortho nitro benzene ring substituents is 1. The maximum atomic E-state index is 10.8. The summed E-state index contributed by atoms with van der Waals surface area (Å²) >= 11 is 0.